The lowest BCUT2D eigenvalue weighted by atomic mass is 10.1. The van der Waals surface area contributed by atoms with Crippen LogP contribution in [-0.4, -0.2) is 25.2 Å². The third-order valence-electron chi connectivity index (χ3n) is 4.79. The van der Waals surface area contributed by atoms with Crippen molar-refractivity contribution in [3.05, 3.63) is 101 Å². The Labute approximate surface area is 190 Å². The molecule has 9 heteroatoms. The van der Waals surface area contributed by atoms with Gasteiger partial charge < -0.3 is 5.32 Å². The first-order valence-corrected chi connectivity index (χ1v) is 11.5. The van der Waals surface area contributed by atoms with Gasteiger partial charge in [0.2, 0.25) is 15.9 Å². The Hall–Kier alpha value is -2.81. The van der Waals surface area contributed by atoms with Crippen LogP contribution in [0.3, 0.4) is 0 Å². The van der Waals surface area contributed by atoms with Crippen molar-refractivity contribution >= 4 is 27.5 Å². The molecule has 0 fully saturated rings. The van der Waals surface area contributed by atoms with E-state index in [0.717, 1.165) is 4.31 Å². The number of carbonyl (C=O) groups is 1. The predicted molar refractivity (Wildman–Crippen MR) is 118 cm³/mol. The van der Waals surface area contributed by atoms with Crippen LogP contribution >= 0.6 is 11.6 Å². The van der Waals surface area contributed by atoms with Crippen molar-refractivity contribution in [2.75, 3.05) is 6.54 Å². The first kappa shape index (κ1) is 23.8. The molecule has 0 aromatic heterocycles. The standard InChI is InChI=1S/C23H21ClF2N2O3S/c1-16(18-4-10-21(26)11-5-18)27-23(29)15-28(14-17-2-8-20(25)9-3-17)32(30,31)22-12-6-19(24)7-13-22/h2-13,16H,14-15H2,1H3,(H,27,29)/t16-/m0/s1. The highest BCUT2D eigenvalue weighted by Gasteiger charge is 2.27. The summed E-state index contributed by atoms with van der Waals surface area (Å²) in [4.78, 5) is 12.7. The molecule has 3 aromatic carbocycles. The Kier molecular flexibility index (Phi) is 7.60. The van der Waals surface area contributed by atoms with Crippen molar-refractivity contribution in [3.8, 4) is 0 Å². The minimum Gasteiger partial charge on any atom is -0.348 e. The summed E-state index contributed by atoms with van der Waals surface area (Å²) in [6, 6.07) is 16.1. The second-order valence-corrected chi connectivity index (χ2v) is 9.57. The maximum atomic E-state index is 13.3. The van der Waals surface area contributed by atoms with E-state index in [9.17, 15) is 22.0 Å². The Balaban J connectivity index is 1.82. The van der Waals surface area contributed by atoms with Gasteiger partial charge in [-0.05, 0) is 66.6 Å². The molecule has 0 aliphatic rings. The molecule has 0 unspecified atom stereocenters. The lowest BCUT2D eigenvalue weighted by Gasteiger charge is -2.23. The first-order chi connectivity index (χ1) is 15.1. The molecule has 0 heterocycles. The predicted octanol–water partition coefficient (Wildman–Crippen LogP) is 4.69. The van der Waals surface area contributed by atoms with Crippen LogP contribution in [0.25, 0.3) is 0 Å². The number of nitrogens with zero attached hydrogens (tertiary/aromatic N) is 1. The van der Waals surface area contributed by atoms with E-state index in [1.807, 2.05) is 0 Å². The van der Waals surface area contributed by atoms with Crippen molar-refractivity contribution in [3.63, 3.8) is 0 Å². The zero-order valence-electron chi connectivity index (χ0n) is 17.1. The van der Waals surface area contributed by atoms with Gasteiger partial charge in [0.25, 0.3) is 0 Å². The van der Waals surface area contributed by atoms with E-state index < -0.39 is 40.2 Å². The molecule has 3 aromatic rings. The second-order valence-electron chi connectivity index (χ2n) is 7.19. The minimum atomic E-state index is -4.06. The molecule has 0 saturated carbocycles. The van der Waals surface area contributed by atoms with Crippen molar-refractivity contribution in [2.45, 2.75) is 24.4 Å². The number of benzene rings is 3. The van der Waals surface area contributed by atoms with E-state index in [0.29, 0.717) is 16.1 Å². The van der Waals surface area contributed by atoms with Gasteiger partial charge in [0, 0.05) is 11.6 Å². The first-order valence-electron chi connectivity index (χ1n) is 9.70. The fraction of sp³-hybridized carbons (Fsp3) is 0.174. The number of nitrogens with one attached hydrogen (secondary N) is 1. The molecular weight excluding hydrogens is 458 g/mol. The SMILES string of the molecule is C[C@H](NC(=O)CN(Cc1ccc(F)cc1)S(=O)(=O)c1ccc(Cl)cc1)c1ccc(F)cc1. The Bertz CT molecular complexity index is 1170. The normalized spacial score (nSPS) is 12.5. The van der Waals surface area contributed by atoms with Crippen LogP contribution in [-0.2, 0) is 21.4 Å². The topological polar surface area (TPSA) is 66.5 Å². The van der Waals surface area contributed by atoms with Crippen molar-refractivity contribution in [1.82, 2.24) is 9.62 Å². The quantitative estimate of drug-likeness (QED) is 0.511. The summed E-state index contributed by atoms with van der Waals surface area (Å²) in [5.41, 5.74) is 1.19. The monoisotopic (exact) mass is 478 g/mol. The van der Waals surface area contributed by atoms with E-state index in [1.54, 1.807) is 19.1 Å². The summed E-state index contributed by atoms with van der Waals surface area (Å²) >= 11 is 5.86. The molecule has 0 radical (unpaired) electrons. The van der Waals surface area contributed by atoms with Gasteiger partial charge in [0.05, 0.1) is 17.5 Å². The van der Waals surface area contributed by atoms with Crippen molar-refractivity contribution in [2.24, 2.45) is 0 Å². The molecule has 168 valence electrons. The zero-order chi connectivity index (χ0) is 23.3. The minimum absolute atomic E-state index is 0.0246. The van der Waals surface area contributed by atoms with Crippen LogP contribution in [0.4, 0.5) is 8.78 Å². The summed E-state index contributed by atoms with van der Waals surface area (Å²) in [5, 5.41) is 3.10. The van der Waals surface area contributed by atoms with Crippen LogP contribution in [0.15, 0.2) is 77.7 Å². The van der Waals surface area contributed by atoms with Crippen molar-refractivity contribution < 1.29 is 22.0 Å². The highest BCUT2D eigenvalue weighted by Crippen LogP contribution is 2.21. The van der Waals surface area contributed by atoms with Crippen LogP contribution in [0.5, 0.6) is 0 Å². The van der Waals surface area contributed by atoms with Crippen LogP contribution in [0, 0.1) is 11.6 Å². The van der Waals surface area contributed by atoms with E-state index in [-0.39, 0.29) is 11.4 Å². The van der Waals surface area contributed by atoms with E-state index >= 15 is 0 Å². The lowest BCUT2D eigenvalue weighted by molar-refractivity contribution is -0.122. The maximum absolute atomic E-state index is 13.3. The van der Waals surface area contributed by atoms with Gasteiger partial charge >= 0.3 is 0 Å². The number of hydrogen-bond acceptors (Lipinski definition) is 3. The highest BCUT2D eigenvalue weighted by molar-refractivity contribution is 7.89. The van der Waals surface area contributed by atoms with Gasteiger partial charge in [-0.3, -0.25) is 4.79 Å². The molecule has 1 atom stereocenters. The number of rotatable bonds is 8. The van der Waals surface area contributed by atoms with E-state index in [2.05, 4.69) is 5.32 Å². The second kappa shape index (κ2) is 10.2. The number of hydrogen-bond donors (Lipinski definition) is 1. The number of halogens is 3. The van der Waals surface area contributed by atoms with Gasteiger partial charge in [-0.1, -0.05) is 35.9 Å². The van der Waals surface area contributed by atoms with Gasteiger partial charge in [0.1, 0.15) is 11.6 Å². The van der Waals surface area contributed by atoms with E-state index in [1.165, 1.54) is 60.7 Å². The van der Waals surface area contributed by atoms with Crippen molar-refractivity contribution in [1.29, 1.82) is 0 Å². The molecular formula is C23H21ClF2N2O3S. The average molecular weight is 479 g/mol. The largest absolute Gasteiger partial charge is 0.348 e. The lowest BCUT2D eigenvalue weighted by Crippen LogP contribution is -2.41. The molecule has 0 saturated heterocycles. The average Bonchev–Trinajstić information content (AvgIpc) is 2.75. The number of carbonyl (C=O) groups excluding carboxylic acids is 1. The molecule has 1 N–H and O–H groups in total. The molecule has 3 rings (SSSR count). The van der Waals surface area contributed by atoms with Gasteiger partial charge in [-0.2, -0.15) is 4.31 Å². The number of amides is 1. The van der Waals surface area contributed by atoms with Gasteiger partial charge in [0.15, 0.2) is 0 Å². The molecule has 0 spiro atoms. The molecule has 1 amide bonds. The molecule has 0 bridgehead atoms. The molecule has 5 nitrogen and oxygen atoms in total. The highest BCUT2D eigenvalue weighted by atomic mass is 35.5. The van der Waals surface area contributed by atoms with Crippen LogP contribution in [0.1, 0.15) is 24.1 Å². The summed E-state index contributed by atoms with van der Waals surface area (Å²) in [6.45, 7) is 1.11. The Morgan fingerprint density at radius 1 is 0.938 bits per heavy atom. The Morgan fingerprint density at radius 2 is 1.47 bits per heavy atom. The Morgan fingerprint density at radius 3 is 2.03 bits per heavy atom. The fourth-order valence-electron chi connectivity index (χ4n) is 3.06. The summed E-state index contributed by atoms with van der Waals surface area (Å²) in [5.74, 6) is -1.39. The fourth-order valence-corrected chi connectivity index (χ4v) is 4.57. The van der Waals surface area contributed by atoms with Gasteiger partial charge in [-0.25, -0.2) is 17.2 Å². The molecule has 0 aliphatic heterocycles. The summed E-state index contributed by atoms with van der Waals surface area (Å²) < 4.78 is 53.9. The summed E-state index contributed by atoms with van der Waals surface area (Å²) in [7, 11) is -4.06. The molecule has 0 aliphatic carbocycles. The third kappa shape index (κ3) is 6.12. The summed E-state index contributed by atoms with van der Waals surface area (Å²) in [6.07, 6.45) is 0. The number of sulfonamides is 1. The smallest absolute Gasteiger partial charge is 0.243 e. The third-order valence-corrected chi connectivity index (χ3v) is 6.85. The van der Waals surface area contributed by atoms with E-state index in [4.69, 9.17) is 11.6 Å². The maximum Gasteiger partial charge on any atom is 0.243 e. The molecule has 32 heavy (non-hydrogen) atoms. The van der Waals surface area contributed by atoms with Gasteiger partial charge in [-0.15, -0.1) is 0 Å². The zero-order valence-corrected chi connectivity index (χ0v) is 18.7. The van der Waals surface area contributed by atoms with Crippen LogP contribution in [0.2, 0.25) is 5.02 Å². The van der Waals surface area contributed by atoms with Crippen LogP contribution < -0.4 is 5.32 Å².